The Morgan fingerprint density at radius 1 is 1.38 bits per heavy atom. The Morgan fingerprint density at radius 2 is 2.12 bits per heavy atom. The number of aliphatic hydroxyl groups excluding tert-OH is 1. The maximum absolute atomic E-state index is 9.39. The number of halogens is 1. The van der Waals surface area contributed by atoms with Gasteiger partial charge in [0.25, 0.3) is 0 Å². The number of rotatable bonds is 3. The number of aliphatic hydroxyl groups is 1. The van der Waals surface area contributed by atoms with Gasteiger partial charge >= 0.3 is 0 Å². The van der Waals surface area contributed by atoms with Crippen molar-refractivity contribution in [2.75, 3.05) is 6.61 Å². The highest BCUT2D eigenvalue weighted by atomic mass is 79.9. The average molecular weight is 286 g/mol. The van der Waals surface area contributed by atoms with Crippen LogP contribution >= 0.6 is 15.9 Å². The van der Waals surface area contributed by atoms with Crippen molar-refractivity contribution < 1.29 is 9.84 Å². The number of pyridine rings is 1. The standard InChI is InChI=1S/C12H16BrNO2/c13-10-5-6-14-12(7-10)16-8-9-1-3-11(15)4-2-9/h5-7,9,11,15H,1-4,8H2/t9-,11+. The highest BCUT2D eigenvalue weighted by molar-refractivity contribution is 9.10. The molecule has 1 aromatic heterocycles. The van der Waals surface area contributed by atoms with Crippen LogP contribution in [-0.2, 0) is 0 Å². The zero-order valence-corrected chi connectivity index (χ0v) is 10.7. The largest absolute Gasteiger partial charge is 0.477 e. The Kier molecular flexibility index (Phi) is 4.18. The molecule has 0 amide bonds. The van der Waals surface area contributed by atoms with E-state index in [-0.39, 0.29) is 6.10 Å². The zero-order chi connectivity index (χ0) is 11.4. The van der Waals surface area contributed by atoms with Crippen LogP contribution in [-0.4, -0.2) is 22.8 Å². The van der Waals surface area contributed by atoms with E-state index in [9.17, 15) is 5.11 Å². The summed E-state index contributed by atoms with van der Waals surface area (Å²) in [6.45, 7) is 0.705. The molecule has 0 radical (unpaired) electrons. The SMILES string of the molecule is O[C@H]1CC[C@@H](COc2cc(Br)ccn2)CC1. The fraction of sp³-hybridized carbons (Fsp3) is 0.583. The van der Waals surface area contributed by atoms with E-state index in [0.29, 0.717) is 18.4 Å². The quantitative estimate of drug-likeness (QED) is 0.929. The minimum atomic E-state index is -0.0970. The van der Waals surface area contributed by atoms with Crippen LogP contribution in [0.3, 0.4) is 0 Å². The van der Waals surface area contributed by atoms with Gasteiger partial charge in [0.1, 0.15) is 0 Å². The Bertz CT molecular complexity index is 338. The summed E-state index contributed by atoms with van der Waals surface area (Å²) in [5.74, 6) is 1.23. The summed E-state index contributed by atoms with van der Waals surface area (Å²) >= 11 is 3.38. The lowest BCUT2D eigenvalue weighted by molar-refractivity contribution is 0.0908. The average Bonchev–Trinajstić information content (AvgIpc) is 2.28. The molecule has 0 spiro atoms. The van der Waals surface area contributed by atoms with Crippen molar-refractivity contribution in [3.05, 3.63) is 22.8 Å². The molecule has 0 unspecified atom stereocenters. The van der Waals surface area contributed by atoms with E-state index in [2.05, 4.69) is 20.9 Å². The third kappa shape index (κ3) is 3.46. The minimum Gasteiger partial charge on any atom is -0.477 e. The van der Waals surface area contributed by atoms with Crippen molar-refractivity contribution in [1.29, 1.82) is 0 Å². The van der Waals surface area contributed by atoms with Gasteiger partial charge < -0.3 is 9.84 Å². The normalized spacial score (nSPS) is 25.4. The Labute approximate surface area is 104 Å². The Morgan fingerprint density at radius 3 is 2.81 bits per heavy atom. The van der Waals surface area contributed by atoms with E-state index in [4.69, 9.17) is 4.74 Å². The topological polar surface area (TPSA) is 42.4 Å². The van der Waals surface area contributed by atoms with Crippen LogP contribution in [0.15, 0.2) is 22.8 Å². The molecule has 1 saturated carbocycles. The van der Waals surface area contributed by atoms with Gasteiger partial charge in [-0.05, 0) is 37.7 Å². The van der Waals surface area contributed by atoms with Gasteiger partial charge in [-0.2, -0.15) is 0 Å². The van der Waals surface area contributed by atoms with Crippen molar-refractivity contribution in [2.45, 2.75) is 31.8 Å². The van der Waals surface area contributed by atoms with E-state index in [1.54, 1.807) is 6.20 Å². The minimum absolute atomic E-state index is 0.0970. The second-order valence-electron chi connectivity index (χ2n) is 4.30. The molecular weight excluding hydrogens is 270 g/mol. The van der Waals surface area contributed by atoms with Gasteiger partial charge in [-0.1, -0.05) is 15.9 Å². The van der Waals surface area contributed by atoms with Gasteiger partial charge in [0, 0.05) is 16.7 Å². The van der Waals surface area contributed by atoms with Crippen molar-refractivity contribution in [3.8, 4) is 5.88 Å². The first-order valence-electron chi connectivity index (χ1n) is 5.66. The molecule has 0 aromatic carbocycles. The summed E-state index contributed by atoms with van der Waals surface area (Å²) in [6, 6.07) is 3.75. The van der Waals surface area contributed by atoms with E-state index in [1.807, 2.05) is 12.1 Å². The van der Waals surface area contributed by atoms with E-state index in [1.165, 1.54) is 0 Å². The molecule has 1 N–H and O–H groups in total. The molecule has 1 aliphatic rings. The van der Waals surface area contributed by atoms with Crippen LogP contribution < -0.4 is 4.74 Å². The summed E-state index contributed by atoms with van der Waals surface area (Å²) in [6.07, 6.45) is 5.54. The molecule has 0 atom stereocenters. The van der Waals surface area contributed by atoms with Gasteiger partial charge in [0.2, 0.25) is 5.88 Å². The monoisotopic (exact) mass is 285 g/mol. The molecule has 1 fully saturated rings. The van der Waals surface area contributed by atoms with E-state index in [0.717, 1.165) is 30.2 Å². The Balaban J connectivity index is 1.79. The van der Waals surface area contributed by atoms with Crippen LogP contribution in [0.2, 0.25) is 0 Å². The summed E-state index contributed by atoms with van der Waals surface area (Å²) in [5.41, 5.74) is 0. The van der Waals surface area contributed by atoms with Crippen molar-refractivity contribution >= 4 is 15.9 Å². The first-order valence-corrected chi connectivity index (χ1v) is 6.46. The maximum atomic E-state index is 9.39. The third-order valence-electron chi connectivity index (χ3n) is 2.98. The molecule has 1 aromatic rings. The first kappa shape index (κ1) is 11.9. The van der Waals surface area contributed by atoms with Crippen LogP contribution in [0.5, 0.6) is 5.88 Å². The van der Waals surface area contributed by atoms with Crippen LogP contribution in [0.25, 0.3) is 0 Å². The van der Waals surface area contributed by atoms with E-state index < -0.39 is 0 Å². The summed E-state index contributed by atoms with van der Waals surface area (Å²) < 4.78 is 6.62. The lowest BCUT2D eigenvalue weighted by Crippen LogP contribution is -2.22. The van der Waals surface area contributed by atoms with E-state index >= 15 is 0 Å². The highest BCUT2D eigenvalue weighted by Crippen LogP contribution is 2.25. The molecule has 0 bridgehead atoms. The molecule has 1 heterocycles. The van der Waals surface area contributed by atoms with Gasteiger partial charge in [-0.3, -0.25) is 0 Å². The predicted molar refractivity (Wildman–Crippen MR) is 65.4 cm³/mol. The lowest BCUT2D eigenvalue weighted by Gasteiger charge is -2.24. The molecule has 0 aliphatic heterocycles. The number of hydrogen-bond acceptors (Lipinski definition) is 3. The van der Waals surface area contributed by atoms with Crippen molar-refractivity contribution in [3.63, 3.8) is 0 Å². The second-order valence-corrected chi connectivity index (χ2v) is 5.21. The number of aromatic nitrogens is 1. The van der Waals surface area contributed by atoms with Crippen LogP contribution in [0.4, 0.5) is 0 Å². The van der Waals surface area contributed by atoms with Crippen molar-refractivity contribution in [1.82, 2.24) is 4.98 Å². The molecule has 3 nitrogen and oxygen atoms in total. The fourth-order valence-electron chi connectivity index (χ4n) is 1.98. The summed E-state index contributed by atoms with van der Waals surface area (Å²) in [5, 5.41) is 9.39. The molecule has 88 valence electrons. The molecule has 1 aliphatic carbocycles. The van der Waals surface area contributed by atoms with Crippen LogP contribution in [0.1, 0.15) is 25.7 Å². The Hall–Kier alpha value is -0.610. The number of nitrogens with zero attached hydrogens (tertiary/aromatic N) is 1. The molecule has 0 saturated heterocycles. The first-order chi connectivity index (χ1) is 7.74. The maximum Gasteiger partial charge on any atom is 0.214 e. The van der Waals surface area contributed by atoms with Gasteiger partial charge in [-0.15, -0.1) is 0 Å². The molecule has 4 heteroatoms. The number of ether oxygens (including phenoxy) is 1. The second kappa shape index (κ2) is 5.64. The smallest absolute Gasteiger partial charge is 0.214 e. The van der Waals surface area contributed by atoms with Crippen LogP contribution in [0, 0.1) is 5.92 Å². The highest BCUT2D eigenvalue weighted by Gasteiger charge is 2.19. The summed E-state index contributed by atoms with van der Waals surface area (Å²) in [7, 11) is 0. The predicted octanol–water partition coefficient (Wildman–Crippen LogP) is 2.77. The zero-order valence-electron chi connectivity index (χ0n) is 9.10. The van der Waals surface area contributed by atoms with Crippen molar-refractivity contribution in [2.24, 2.45) is 5.92 Å². The van der Waals surface area contributed by atoms with Gasteiger partial charge in [0.15, 0.2) is 0 Å². The molecule has 16 heavy (non-hydrogen) atoms. The third-order valence-corrected chi connectivity index (χ3v) is 3.47. The van der Waals surface area contributed by atoms with Gasteiger partial charge in [0.05, 0.1) is 12.7 Å². The summed E-state index contributed by atoms with van der Waals surface area (Å²) in [4.78, 5) is 4.14. The number of hydrogen-bond donors (Lipinski definition) is 1. The van der Waals surface area contributed by atoms with Gasteiger partial charge in [-0.25, -0.2) is 4.98 Å². The lowest BCUT2D eigenvalue weighted by atomic mass is 9.88. The fourth-order valence-corrected chi connectivity index (χ4v) is 2.29. The molecule has 2 rings (SSSR count). The molecular formula is C12H16BrNO2.